The lowest BCUT2D eigenvalue weighted by atomic mass is 9.95. The highest BCUT2D eigenvalue weighted by Gasteiger charge is 2.56. The number of hydrogen-bond donors (Lipinski definition) is 1. The SMILES string of the molecule is CCOc1nc(C(CS(C)(=O)=O)N2C(=O)c3cccc(NC(=O)COCc4ccccc4)c3C3OC32)ccc1OC. The maximum Gasteiger partial charge on any atom is 0.257 e. The van der Waals surface area contributed by atoms with Gasteiger partial charge in [-0.3, -0.25) is 9.59 Å². The smallest absolute Gasteiger partial charge is 0.257 e. The molecule has 12 heteroatoms. The van der Waals surface area contributed by atoms with Crippen molar-refractivity contribution in [3.8, 4) is 11.6 Å². The van der Waals surface area contributed by atoms with Crippen molar-refractivity contribution < 1.29 is 37.0 Å². The molecule has 1 N–H and O–H groups in total. The molecule has 41 heavy (non-hydrogen) atoms. The molecule has 0 radical (unpaired) electrons. The summed E-state index contributed by atoms with van der Waals surface area (Å²) in [5.41, 5.74) is 2.57. The van der Waals surface area contributed by atoms with Gasteiger partial charge in [0.25, 0.3) is 11.8 Å². The number of carbonyl (C=O) groups excluding carboxylic acids is 2. The van der Waals surface area contributed by atoms with Gasteiger partial charge in [-0.25, -0.2) is 13.4 Å². The first-order valence-electron chi connectivity index (χ1n) is 13.1. The van der Waals surface area contributed by atoms with Crippen molar-refractivity contribution in [2.45, 2.75) is 31.9 Å². The summed E-state index contributed by atoms with van der Waals surface area (Å²) in [7, 11) is -2.07. The second-order valence-electron chi connectivity index (χ2n) is 9.74. The fourth-order valence-electron chi connectivity index (χ4n) is 4.91. The first-order valence-corrected chi connectivity index (χ1v) is 15.1. The third-order valence-electron chi connectivity index (χ3n) is 6.70. The van der Waals surface area contributed by atoms with Crippen LogP contribution in [-0.2, 0) is 30.7 Å². The normalized spacial score (nSPS) is 18.2. The summed E-state index contributed by atoms with van der Waals surface area (Å²) in [5.74, 6) is -0.594. The Bertz CT molecular complexity index is 1550. The van der Waals surface area contributed by atoms with Crippen LogP contribution in [0.3, 0.4) is 0 Å². The molecular weight excluding hydrogens is 550 g/mol. The molecule has 3 aromatic rings. The van der Waals surface area contributed by atoms with Gasteiger partial charge in [0.15, 0.2) is 12.0 Å². The van der Waals surface area contributed by atoms with Crippen LogP contribution in [0.2, 0.25) is 0 Å². The Morgan fingerprint density at radius 1 is 1.12 bits per heavy atom. The zero-order valence-electron chi connectivity index (χ0n) is 22.9. The lowest BCUT2D eigenvalue weighted by Crippen LogP contribution is -2.43. The van der Waals surface area contributed by atoms with Crippen LogP contribution in [0.5, 0.6) is 11.6 Å². The predicted octanol–water partition coefficient (Wildman–Crippen LogP) is 3.28. The van der Waals surface area contributed by atoms with Gasteiger partial charge in [-0.05, 0) is 36.8 Å². The van der Waals surface area contributed by atoms with Crippen molar-refractivity contribution in [1.82, 2.24) is 9.88 Å². The van der Waals surface area contributed by atoms with Crippen molar-refractivity contribution in [1.29, 1.82) is 0 Å². The van der Waals surface area contributed by atoms with Crippen LogP contribution in [0.15, 0.2) is 60.7 Å². The molecule has 3 unspecified atom stereocenters. The van der Waals surface area contributed by atoms with Gasteiger partial charge >= 0.3 is 0 Å². The van der Waals surface area contributed by atoms with Gasteiger partial charge in [-0.2, -0.15) is 0 Å². The highest BCUT2D eigenvalue weighted by molar-refractivity contribution is 7.90. The Balaban J connectivity index is 1.39. The number of carbonyl (C=O) groups is 2. The summed E-state index contributed by atoms with van der Waals surface area (Å²) in [6.45, 7) is 2.23. The van der Waals surface area contributed by atoms with E-state index in [4.69, 9.17) is 18.9 Å². The molecule has 3 atom stereocenters. The average molecular weight is 582 g/mol. The van der Waals surface area contributed by atoms with Crippen LogP contribution in [0.4, 0.5) is 5.69 Å². The molecule has 5 rings (SSSR count). The largest absolute Gasteiger partial charge is 0.491 e. The van der Waals surface area contributed by atoms with Crippen molar-refractivity contribution >= 4 is 27.3 Å². The van der Waals surface area contributed by atoms with E-state index in [0.717, 1.165) is 11.8 Å². The molecule has 0 aliphatic carbocycles. The number of fused-ring (bicyclic) bond motifs is 3. The molecule has 0 spiro atoms. The summed E-state index contributed by atoms with van der Waals surface area (Å²) in [6, 6.07) is 16.8. The number of methoxy groups -OCH3 is 1. The van der Waals surface area contributed by atoms with Gasteiger partial charge in [-0.1, -0.05) is 36.4 Å². The maximum atomic E-state index is 13.9. The van der Waals surface area contributed by atoms with E-state index in [0.29, 0.717) is 34.9 Å². The average Bonchev–Trinajstić information content (AvgIpc) is 3.73. The fraction of sp³-hybridized carbons (Fsp3) is 0.345. The Morgan fingerprint density at radius 2 is 1.90 bits per heavy atom. The minimum absolute atomic E-state index is 0.171. The van der Waals surface area contributed by atoms with Gasteiger partial charge in [0, 0.05) is 23.1 Å². The lowest BCUT2D eigenvalue weighted by molar-refractivity contribution is -0.121. The molecule has 1 saturated heterocycles. The topological polar surface area (TPSA) is 137 Å². The van der Waals surface area contributed by atoms with Crippen molar-refractivity contribution in [3.05, 3.63) is 83.0 Å². The molecule has 0 bridgehead atoms. The second-order valence-corrected chi connectivity index (χ2v) is 11.9. The highest BCUT2D eigenvalue weighted by atomic mass is 32.2. The first kappa shape index (κ1) is 28.5. The third kappa shape index (κ3) is 6.34. The van der Waals surface area contributed by atoms with Crippen molar-refractivity contribution in [2.24, 2.45) is 0 Å². The minimum Gasteiger partial charge on any atom is -0.491 e. The quantitative estimate of drug-likeness (QED) is 0.320. The van der Waals surface area contributed by atoms with Crippen LogP contribution < -0.4 is 14.8 Å². The van der Waals surface area contributed by atoms with Gasteiger partial charge in [0.05, 0.1) is 37.8 Å². The minimum atomic E-state index is -3.55. The van der Waals surface area contributed by atoms with Gasteiger partial charge in [0.2, 0.25) is 5.91 Å². The van der Waals surface area contributed by atoms with E-state index in [9.17, 15) is 18.0 Å². The number of ether oxygens (including phenoxy) is 4. The number of epoxide rings is 1. The molecule has 1 aromatic heterocycles. The van der Waals surface area contributed by atoms with E-state index in [-0.39, 0.29) is 30.8 Å². The summed E-state index contributed by atoms with van der Waals surface area (Å²) in [5, 5.41) is 2.83. The monoisotopic (exact) mass is 581 g/mol. The molecule has 0 saturated carbocycles. The Kier molecular flexibility index (Phi) is 8.25. The van der Waals surface area contributed by atoms with Gasteiger partial charge in [0.1, 0.15) is 22.5 Å². The van der Waals surface area contributed by atoms with E-state index in [1.165, 1.54) is 12.0 Å². The highest BCUT2D eigenvalue weighted by Crippen LogP contribution is 2.52. The number of anilines is 1. The maximum absolute atomic E-state index is 13.9. The number of benzene rings is 2. The van der Waals surface area contributed by atoms with Crippen LogP contribution in [0.1, 0.15) is 46.2 Å². The fourth-order valence-corrected chi connectivity index (χ4v) is 5.81. The molecule has 1 fully saturated rings. The summed E-state index contributed by atoms with van der Waals surface area (Å²) < 4.78 is 47.4. The number of nitrogens with zero attached hydrogens (tertiary/aromatic N) is 2. The summed E-state index contributed by atoms with van der Waals surface area (Å²) in [6.07, 6.45) is -0.168. The number of aromatic nitrogens is 1. The number of hydrogen-bond acceptors (Lipinski definition) is 9. The van der Waals surface area contributed by atoms with E-state index >= 15 is 0 Å². The molecule has 2 aliphatic rings. The standard InChI is InChI=1S/C29H31N3O8S/c1-4-39-27-23(37-2)14-13-20(31-27)22(17-41(3,35)36)32-28(34)19-11-8-12-21(25(19)26-29(32)40-26)30-24(33)16-38-15-18-9-6-5-7-10-18/h5-14,22,26,29H,4,15-17H2,1-3H3,(H,30,33). The lowest BCUT2D eigenvalue weighted by Gasteiger charge is -2.33. The summed E-state index contributed by atoms with van der Waals surface area (Å²) >= 11 is 0. The van der Waals surface area contributed by atoms with E-state index in [1.807, 2.05) is 30.3 Å². The van der Waals surface area contributed by atoms with Gasteiger partial charge < -0.3 is 29.2 Å². The van der Waals surface area contributed by atoms with Gasteiger partial charge in [-0.15, -0.1) is 0 Å². The molecule has 11 nitrogen and oxygen atoms in total. The van der Waals surface area contributed by atoms with Crippen LogP contribution in [0.25, 0.3) is 0 Å². The zero-order chi connectivity index (χ0) is 29.1. The second kappa shape index (κ2) is 11.9. The van der Waals surface area contributed by atoms with E-state index in [1.54, 1.807) is 37.3 Å². The number of rotatable bonds is 12. The number of nitrogens with one attached hydrogen (secondary N) is 1. The molecule has 2 aliphatic heterocycles. The Morgan fingerprint density at radius 3 is 2.61 bits per heavy atom. The Hall–Kier alpha value is -4.00. The summed E-state index contributed by atoms with van der Waals surface area (Å²) in [4.78, 5) is 32.5. The molecule has 3 heterocycles. The Labute approximate surface area is 238 Å². The first-order chi connectivity index (χ1) is 19.7. The number of pyridine rings is 1. The van der Waals surface area contributed by atoms with Crippen molar-refractivity contribution in [3.63, 3.8) is 0 Å². The predicted molar refractivity (Wildman–Crippen MR) is 149 cm³/mol. The van der Waals surface area contributed by atoms with Crippen LogP contribution >= 0.6 is 0 Å². The molecule has 2 aromatic carbocycles. The number of amides is 2. The zero-order valence-corrected chi connectivity index (χ0v) is 23.7. The van der Waals surface area contributed by atoms with Crippen LogP contribution in [-0.4, -0.2) is 68.7 Å². The third-order valence-corrected chi connectivity index (χ3v) is 7.62. The molecule has 2 amide bonds. The van der Waals surface area contributed by atoms with Crippen molar-refractivity contribution in [2.75, 3.05) is 37.6 Å². The number of sulfone groups is 1. The van der Waals surface area contributed by atoms with E-state index < -0.39 is 34.1 Å². The molecule has 216 valence electrons. The van der Waals surface area contributed by atoms with E-state index in [2.05, 4.69) is 10.3 Å². The van der Waals surface area contributed by atoms with Crippen LogP contribution in [0, 0.1) is 0 Å². The molecular formula is C29H31N3O8S.